The number of aryl methyl sites for hydroxylation is 3. The van der Waals surface area contributed by atoms with Gasteiger partial charge in [0.05, 0.1) is 24.2 Å². The van der Waals surface area contributed by atoms with Crippen LogP contribution in [0.5, 0.6) is 0 Å². The van der Waals surface area contributed by atoms with E-state index in [1.54, 1.807) is 63.2 Å². The van der Waals surface area contributed by atoms with Gasteiger partial charge in [-0.1, -0.05) is 108 Å². The predicted molar refractivity (Wildman–Crippen MR) is 320 cm³/mol. The molecule has 444 valence electrons. The zero-order valence-electron chi connectivity index (χ0n) is 50.0. The quantitative estimate of drug-likeness (QED) is 0.0589. The second kappa shape index (κ2) is 26.4. The molecular formula is C65H86N10O8. The third-order valence-corrected chi connectivity index (χ3v) is 17.1. The lowest BCUT2D eigenvalue weighted by Gasteiger charge is -2.42. The van der Waals surface area contributed by atoms with E-state index in [-0.39, 0.29) is 85.8 Å². The van der Waals surface area contributed by atoms with Gasteiger partial charge >= 0.3 is 0 Å². The molecule has 0 bridgehead atoms. The van der Waals surface area contributed by atoms with Crippen LogP contribution >= 0.6 is 0 Å². The first-order valence-corrected chi connectivity index (χ1v) is 29.6. The standard InChI is InChI=1S/C65H86N10O8/c1-38(66-9)57(77)72-55(64(3,4)5)62(82)74-36-45-33-46(31-30-44(45)34-52(74)60(80)70-50-23-15-19-41-17-11-13-21-48(41)50)69-59(79)43-28-25-40(26-29-43)27-32-54(76)68-47-35-53(61(81)71-51-24-16-20-42-18-12-14-22-49(42)51)75(37-47)63(83)56(65(6,7)8)73-58(78)39(2)67-10/h11-14,17-18,21-22,25-26,28-31,33,38-39,47,50-53,55-56,66-67H,15-16,19-20,23-24,27,32,34-37H2,1-10H3,(H,68,76)(H,69,79)(H,70,80)(H,71,81)(H,72,77)(H,73,78)/t38?,39?,47-,50+,51+,52?,53-,55?,56?/m0/s1. The fourth-order valence-corrected chi connectivity index (χ4v) is 11.9. The smallest absolute Gasteiger partial charge is 0.255 e. The molecule has 8 amide bonds. The Morgan fingerprint density at radius 2 is 1.11 bits per heavy atom. The highest BCUT2D eigenvalue weighted by molar-refractivity contribution is 6.04. The summed E-state index contributed by atoms with van der Waals surface area (Å²) in [6.07, 6.45) is 6.12. The summed E-state index contributed by atoms with van der Waals surface area (Å²) in [6.45, 7) is 14.8. The Morgan fingerprint density at radius 1 is 0.590 bits per heavy atom. The second-order valence-corrected chi connectivity index (χ2v) is 25.3. The van der Waals surface area contributed by atoms with Gasteiger partial charge in [0.1, 0.15) is 24.2 Å². The van der Waals surface area contributed by atoms with Crippen LogP contribution < -0.4 is 42.5 Å². The number of nitrogens with one attached hydrogen (secondary N) is 8. The fraction of sp³-hybridized carbons (Fsp3) is 0.508. The first kappa shape index (κ1) is 61.6. The van der Waals surface area contributed by atoms with Crippen LogP contribution in [0.4, 0.5) is 5.69 Å². The number of fused-ring (bicyclic) bond motifs is 3. The van der Waals surface area contributed by atoms with Gasteiger partial charge in [-0.05, 0) is 153 Å². The van der Waals surface area contributed by atoms with Gasteiger partial charge in [0, 0.05) is 43.2 Å². The van der Waals surface area contributed by atoms with Crippen LogP contribution in [0.15, 0.2) is 91.0 Å². The van der Waals surface area contributed by atoms with Crippen molar-refractivity contribution in [1.29, 1.82) is 0 Å². The van der Waals surface area contributed by atoms with Crippen LogP contribution in [0.3, 0.4) is 0 Å². The normalized spacial score (nSPS) is 20.9. The average molecular weight is 1140 g/mol. The molecule has 0 aromatic heterocycles. The van der Waals surface area contributed by atoms with E-state index in [1.165, 1.54) is 16.0 Å². The van der Waals surface area contributed by atoms with Gasteiger partial charge < -0.3 is 52.3 Å². The van der Waals surface area contributed by atoms with E-state index in [0.29, 0.717) is 17.7 Å². The predicted octanol–water partition coefficient (Wildman–Crippen LogP) is 5.88. The third kappa shape index (κ3) is 14.9. The Hall–Kier alpha value is -7.44. The highest BCUT2D eigenvalue weighted by Crippen LogP contribution is 2.35. The van der Waals surface area contributed by atoms with E-state index in [1.807, 2.05) is 90.1 Å². The molecule has 2 aliphatic carbocycles. The second-order valence-electron chi connectivity index (χ2n) is 25.3. The molecule has 4 aromatic carbocycles. The summed E-state index contributed by atoms with van der Waals surface area (Å²) in [5.74, 6) is -2.66. The zero-order chi connectivity index (χ0) is 59.9. The summed E-state index contributed by atoms with van der Waals surface area (Å²) in [5.41, 5.74) is 6.45. The van der Waals surface area contributed by atoms with Crippen molar-refractivity contribution >= 4 is 52.9 Å². The summed E-state index contributed by atoms with van der Waals surface area (Å²) in [5, 5.41) is 24.4. The van der Waals surface area contributed by atoms with Crippen LogP contribution in [0, 0.1) is 10.8 Å². The highest BCUT2D eigenvalue weighted by atomic mass is 16.2. The minimum atomic E-state index is -0.950. The molecule has 83 heavy (non-hydrogen) atoms. The van der Waals surface area contributed by atoms with Crippen LogP contribution in [-0.4, -0.2) is 120 Å². The number of hydrogen-bond acceptors (Lipinski definition) is 10. The lowest BCUT2D eigenvalue weighted by atomic mass is 9.83. The van der Waals surface area contributed by atoms with Crippen LogP contribution in [0.1, 0.15) is 155 Å². The maximum absolute atomic E-state index is 14.9. The van der Waals surface area contributed by atoms with Crippen LogP contribution in [0.2, 0.25) is 0 Å². The van der Waals surface area contributed by atoms with Crippen molar-refractivity contribution < 1.29 is 38.4 Å². The third-order valence-electron chi connectivity index (χ3n) is 17.1. The topological polar surface area (TPSA) is 239 Å². The van der Waals surface area contributed by atoms with Gasteiger partial charge in [0.15, 0.2) is 0 Å². The lowest BCUT2D eigenvalue weighted by molar-refractivity contribution is -0.147. The van der Waals surface area contributed by atoms with Crippen molar-refractivity contribution in [3.05, 3.63) is 136 Å². The molecule has 1 saturated heterocycles. The van der Waals surface area contributed by atoms with Gasteiger partial charge in [-0.3, -0.25) is 38.4 Å². The monoisotopic (exact) mass is 1130 g/mol. The first-order chi connectivity index (χ1) is 39.4. The Morgan fingerprint density at radius 3 is 1.64 bits per heavy atom. The molecule has 0 saturated carbocycles. The van der Waals surface area contributed by atoms with Crippen molar-refractivity contribution in [2.75, 3.05) is 26.0 Å². The first-order valence-electron chi connectivity index (χ1n) is 29.6. The highest BCUT2D eigenvalue weighted by Gasteiger charge is 2.47. The van der Waals surface area contributed by atoms with Gasteiger partial charge in [-0.15, -0.1) is 0 Å². The zero-order valence-corrected chi connectivity index (χ0v) is 50.0. The van der Waals surface area contributed by atoms with E-state index in [0.717, 1.165) is 66.3 Å². The Kier molecular flexibility index (Phi) is 19.6. The number of hydrogen-bond donors (Lipinski definition) is 8. The number of benzene rings is 4. The summed E-state index contributed by atoms with van der Waals surface area (Å²) in [7, 11) is 3.34. The van der Waals surface area contributed by atoms with Gasteiger partial charge in [-0.2, -0.15) is 0 Å². The van der Waals surface area contributed by atoms with Gasteiger partial charge in [-0.25, -0.2) is 0 Å². The Bertz CT molecular complexity index is 3060. The molecule has 18 heteroatoms. The molecule has 9 atom stereocenters. The summed E-state index contributed by atoms with van der Waals surface area (Å²) in [6, 6.07) is 23.0. The summed E-state index contributed by atoms with van der Waals surface area (Å²) in [4.78, 5) is 115. The van der Waals surface area contributed by atoms with Crippen LogP contribution in [-0.2, 0) is 65.8 Å². The molecule has 0 spiro atoms. The van der Waals surface area contributed by atoms with Gasteiger partial charge in [0.25, 0.3) is 5.91 Å². The van der Waals surface area contributed by atoms with E-state index >= 15 is 0 Å². The number of amides is 8. The molecule has 0 radical (unpaired) electrons. The Labute approximate surface area is 489 Å². The van der Waals surface area contributed by atoms with E-state index in [2.05, 4.69) is 54.7 Å². The van der Waals surface area contributed by atoms with Crippen molar-refractivity contribution in [3.8, 4) is 0 Å². The minimum Gasteiger partial charge on any atom is -0.351 e. The molecule has 4 aromatic rings. The number of anilines is 1. The molecule has 8 N–H and O–H groups in total. The Balaban J connectivity index is 0.921. The molecular weight excluding hydrogens is 1050 g/mol. The SMILES string of the molecule is CNC(C)C(=O)NC(C(=O)N1Cc2cc(NC(=O)c3ccc(CCC(=O)N[C@H]4C[C@@H](C(=O)N[C@@H]5CCCc6ccccc65)N(C(=O)C(NC(=O)C(C)NC)C(C)(C)C)C4)cc3)ccc2CC1C(=O)N[C@@H]1CCCc2ccccc21)C(C)(C)C. The largest absolute Gasteiger partial charge is 0.351 e. The number of carbonyl (C=O) groups is 8. The molecule has 18 nitrogen and oxygen atoms in total. The van der Waals surface area contributed by atoms with Crippen molar-refractivity contribution in [2.24, 2.45) is 10.8 Å². The number of rotatable bonds is 18. The maximum atomic E-state index is 14.9. The molecule has 4 aliphatic rings. The number of likely N-dealkylation sites (tertiary alicyclic amines) is 1. The lowest BCUT2D eigenvalue weighted by Crippen LogP contribution is -2.62. The van der Waals surface area contributed by atoms with Crippen molar-refractivity contribution in [1.82, 2.24) is 47.0 Å². The van der Waals surface area contributed by atoms with E-state index in [4.69, 9.17) is 0 Å². The van der Waals surface area contributed by atoms with Crippen molar-refractivity contribution in [2.45, 2.75) is 181 Å². The summed E-state index contributed by atoms with van der Waals surface area (Å²) >= 11 is 0. The van der Waals surface area contributed by atoms with Crippen molar-refractivity contribution in [3.63, 3.8) is 0 Å². The van der Waals surface area contributed by atoms with E-state index in [9.17, 15) is 38.4 Å². The maximum Gasteiger partial charge on any atom is 0.255 e. The molecule has 1 fully saturated rings. The minimum absolute atomic E-state index is 0.0698. The fourth-order valence-electron chi connectivity index (χ4n) is 11.9. The van der Waals surface area contributed by atoms with Crippen LogP contribution in [0.25, 0.3) is 0 Å². The molecule has 2 aliphatic heterocycles. The number of likely N-dealkylation sites (N-methyl/N-ethyl adjacent to an activating group) is 2. The molecule has 8 rings (SSSR count). The number of nitrogens with zero attached hydrogens (tertiary/aromatic N) is 2. The number of carbonyl (C=O) groups excluding carboxylic acids is 8. The average Bonchev–Trinajstić information content (AvgIpc) is 4.13. The summed E-state index contributed by atoms with van der Waals surface area (Å²) < 4.78 is 0. The van der Waals surface area contributed by atoms with Gasteiger partial charge in [0.2, 0.25) is 41.4 Å². The molecule has 2 heterocycles. The molecule has 5 unspecified atom stereocenters. The van der Waals surface area contributed by atoms with E-state index < -0.39 is 59.0 Å².